The van der Waals surface area contributed by atoms with Gasteiger partial charge >= 0.3 is 0 Å². The number of anilines is 1. The smallest absolute Gasteiger partial charge is 0.241 e. The van der Waals surface area contributed by atoms with E-state index < -0.39 is 0 Å². The van der Waals surface area contributed by atoms with Crippen LogP contribution in [0.4, 0.5) is 5.69 Å². The SMILES string of the molecule is CCC1c2ccsc2CCN1CC(=O)N1CCc2ccccc21. The zero-order valence-corrected chi connectivity index (χ0v) is 14.3. The van der Waals surface area contributed by atoms with E-state index in [1.54, 1.807) is 0 Å². The van der Waals surface area contributed by atoms with Gasteiger partial charge in [0.15, 0.2) is 0 Å². The summed E-state index contributed by atoms with van der Waals surface area (Å²) in [7, 11) is 0. The molecule has 1 aromatic carbocycles. The molecule has 120 valence electrons. The Morgan fingerprint density at radius 3 is 2.96 bits per heavy atom. The van der Waals surface area contributed by atoms with Crippen LogP contribution in [0, 0.1) is 0 Å². The minimum Gasteiger partial charge on any atom is -0.311 e. The van der Waals surface area contributed by atoms with E-state index in [0.717, 1.165) is 38.0 Å². The van der Waals surface area contributed by atoms with Crippen LogP contribution in [-0.2, 0) is 17.6 Å². The van der Waals surface area contributed by atoms with Gasteiger partial charge in [0, 0.05) is 29.7 Å². The average molecular weight is 326 g/mol. The minimum absolute atomic E-state index is 0.243. The summed E-state index contributed by atoms with van der Waals surface area (Å²) in [6.45, 7) is 4.57. The summed E-state index contributed by atoms with van der Waals surface area (Å²) in [5.41, 5.74) is 3.85. The van der Waals surface area contributed by atoms with Crippen molar-refractivity contribution in [2.75, 3.05) is 24.5 Å². The van der Waals surface area contributed by atoms with E-state index >= 15 is 0 Å². The van der Waals surface area contributed by atoms with Gasteiger partial charge in [-0.15, -0.1) is 11.3 Å². The highest BCUT2D eigenvalue weighted by Gasteiger charge is 2.31. The summed E-state index contributed by atoms with van der Waals surface area (Å²) in [6.07, 6.45) is 3.12. The predicted molar refractivity (Wildman–Crippen MR) is 95.1 cm³/mol. The number of nitrogens with zero attached hydrogens (tertiary/aromatic N) is 2. The lowest BCUT2D eigenvalue weighted by molar-refractivity contribution is -0.120. The van der Waals surface area contributed by atoms with Gasteiger partial charge in [-0.25, -0.2) is 0 Å². The maximum atomic E-state index is 12.9. The number of thiophene rings is 1. The third kappa shape index (κ3) is 2.60. The number of rotatable bonds is 3. The second-order valence-electron chi connectivity index (χ2n) is 6.37. The number of carbonyl (C=O) groups is 1. The van der Waals surface area contributed by atoms with Crippen molar-refractivity contribution in [1.82, 2.24) is 4.90 Å². The topological polar surface area (TPSA) is 23.6 Å². The molecule has 0 bridgehead atoms. The van der Waals surface area contributed by atoms with Crippen LogP contribution in [-0.4, -0.2) is 30.4 Å². The molecule has 0 saturated heterocycles. The van der Waals surface area contributed by atoms with Gasteiger partial charge < -0.3 is 4.90 Å². The van der Waals surface area contributed by atoms with Crippen molar-refractivity contribution in [2.24, 2.45) is 0 Å². The monoisotopic (exact) mass is 326 g/mol. The summed E-state index contributed by atoms with van der Waals surface area (Å²) >= 11 is 1.86. The fourth-order valence-corrected chi connectivity index (χ4v) is 4.90. The molecule has 0 aliphatic carbocycles. The zero-order valence-electron chi connectivity index (χ0n) is 13.5. The molecular formula is C19H22N2OS. The molecule has 2 aromatic rings. The number of carbonyl (C=O) groups excluding carboxylic acids is 1. The van der Waals surface area contributed by atoms with Gasteiger partial charge in [-0.2, -0.15) is 0 Å². The maximum Gasteiger partial charge on any atom is 0.241 e. The number of hydrogen-bond donors (Lipinski definition) is 0. The van der Waals surface area contributed by atoms with Gasteiger partial charge in [-0.1, -0.05) is 25.1 Å². The molecule has 1 unspecified atom stereocenters. The van der Waals surface area contributed by atoms with Crippen molar-refractivity contribution in [3.05, 3.63) is 51.7 Å². The largest absolute Gasteiger partial charge is 0.311 e. The van der Waals surface area contributed by atoms with E-state index in [2.05, 4.69) is 41.5 Å². The normalized spacial score (nSPS) is 20.4. The van der Waals surface area contributed by atoms with E-state index in [1.807, 2.05) is 22.3 Å². The van der Waals surface area contributed by atoms with Crippen molar-refractivity contribution in [1.29, 1.82) is 0 Å². The van der Waals surface area contributed by atoms with Crippen LogP contribution in [0.5, 0.6) is 0 Å². The van der Waals surface area contributed by atoms with Gasteiger partial charge in [0.1, 0.15) is 0 Å². The molecule has 1 amide bonds. The lowest BCUT2D eigenvalue weighted by atomic mass is 9.98. The lowest BCUT2D eigenvalue weighted by Crippen LogP contribution is -2.43. The Labute approximate surface area is 141 Å². The lowest BCUT2D eigenvalue weighted by Gasteiger charge is -2.35. The van der Waals surface area contributed by atoms with Crippen LogP contribution >= 0.6 is 11.3 Å². The summed E-state index contributed by atoms with van der Waals surface area (Å²) in [5.74, 6) is 0.243. The number of benzene rings is 1. The van der Waals surface area contributed by atoms with E-state index in [9.17, 15) is 4.79 Å². The van der Waals surface area contributed by atoms with Crippen LogP contribution in [0.25, 0.3) is 0 Å². The van der Waals surface area contributed by atoms with Gasteiger partial charge in [0.2, 0.25) is 5.91 Å². The summed E-state index contributed by atoms with van der Waals surface area (Å²) in [4.78, 5) is 18.7. The standard InChI is InChI=1S/C19H22N2OS/c1-2-16-15-9-12-23-18(15)8-10-20(16)13-19(22)21-11-7-14-5-3-4-6-17(14)21/h3-6,9,12,16H,2,7-8,10-11,13H2,1H3. The van der Waals surface area contributed by atoms with Crippen molar-refractivity contribution in [3.8, 4) is 0 Å². The molecule has 0 saturated carbocycles. The van der Waals surface area contributed by atoms with Crippen LogP contribution in [0.2, 0.25) is 0 Å². The molecule has 0 N–H and O–H groups in total. The second-order valence-corrected chi connectivity index (χ2v) is 7.37. The fourth-order valence-electron chi connectivity index (χ4n) is 3.97. The highest BCUT2D eigenvalue weighted by Crippen LogP contribution is 2.35. The van der Waals surface area contributed by atoms with Gasteiger partial charge in [-0.05, 0) is 47.9 Å². The molecule has 0 fully saturated rings. The number of amides is 1. The first-order valence-electron chi connectivity index (χ1n) is 8.46. The maximum absolute atomic E-state index is 12.9. The minimum atomic E-state index is 0.243. The molecule has 2 aliphatic rings. The Hall–Kier alpha value is -1.65. The van der Waals surface area contributed by atoms with Crippen LogP contribution in [0.1, 0.15) is 35.4 Å². The second kappa shape index (κ2) is 6.10. The van der Waals surface area contributed by atoms with E-state index in [0.29, 0.717) is 12.6 Å². The molecule has 3 heterocycles. The van der Waals surface area contributed by atoms with E-state index in [4.69, 9.17) is 0 Å². The molecule has 4 heteroatoms. The molecule has 1 aromatic heterocycles. The molecule has 2 aliphatic heterocycles. The molecule has 23 heavy (non-hydrogen) atoms. The predicted octanol–water partition coefficient (Wildman–Crippen LogP) is 3.65. The first-order valence-corrected chi connectivity index (χ1v) is 9.34. The number of fused-ring (bicyclic) bond motifs is 2. The Kier molecular flexibility index (Phi) is 3.95. The summed E-state index contributed by atoms with van der Waals surface area (Å²) < 4.78 is 0. The van der Waals surface area contributed by atoms with Gasteiger partial charge in [0.05, 0.1) is 6.54 Å². The van der Waals surface area contributed by atoms with E-state index in [1.165, 1.54) is 16.0 Å². The molecule has 0 spiro atoms. The fraction of sp³-hybridized carbons (Fsp3) is 0.421. The molecule has 1 atom stereocenters. The third-order valence-corrected chi connectivity index (χ3v) is 6.12. The van der Waals surface area contributed by atoms with Crippen LogP contribution in [0.3, 0.4) is 0 Å². The Morgan fingerprint density at radius 2 is 2.09 bits per heavy atom. The van der Waals surface area contributed by atoms with Gasteiger partial charge in [-0.3, -0.25) is 9.69 Å². The molecular weight excluding hydrogens is 304 g/mol. The van der Waals surface area contributed by atoms with Crippen molar-refractivity contribution in [2.45, 2.75) is 32.2 Å². The van der Waals surface area contributed by atoms with Crippen molar-refractivity contribution >= 4 is 22.9 Å². The van der Waals surface area contributed by atoms with Crippen molar-refractivity contribution in [3.63, 3.8) is 0 Å². The molecule has 0 radical (unpaired) electrons. The van der Waals surface area contributed by atoms with Crippen LogP contribution < -0.4 is 4.90 Å². The summed E-state index contributed by atoms with van der Waals surface area (Å²) in [6, 6.07) is 10.9. The first kappa shape index (κ1) is 14.9. The average Bonchev–Trinajstić information content (AvgIpc) is 3.21. The zero-order chi connectivity index (χ0) is 15.8. The quantitative estimate of drug-likeness (QED) is 0.859. The highest BCUT2D eigenvalue weighted by molar-refractivity contribution is 7.10. The molecule has 3 nitrogen and oxygen atoms in total. The molecule has 4 rings (SSSR count). The number of hydrogen-bond acceptors (Lipinski definition) is 3. The first-order chi connectivity index (χ1) is 11.3. The van der Waals surface area contributed by atoms with Crippen molar-refractivity contribution < 1.29 is 4.79 Å². The van der Waals surface area contributed by atoms with Gasteiger partial charge in [0.25, 0.3) is 0 Å². The summed E-state index contributed by atoms with van der Waals surface area (Å²) in [5, 5.41) is 2.19. The van der Waals surface area contributed by atoms with Crippen LogP contribution in [0.15, 0.2) is 35.7 Å². The Balaban J connectivity index is 1.51. The Morgan fingerprint density at radius 1 is 1.22 bits per heavy atom. The third-order valence-electron chi connectivity index (χ3n) is 5.12. The highest BCUT2D eigenvalue weighted by atomic mass is 32.1. The number of para-hydroxylation sites is 1. The Bertz CT molecular complexity index is 724. The van der Waals surface area contributed by atoms with E-state index in [-0.39, 0.29) is 5.91 Å².